The SMILES string of the molecule is COCNCCOc1nc(C)nc(Nc2cccc(Nc3nc(NCCOCCO)nc(NCCS(=O)(=O)[O-])n3)c2)n1.[Na+]. The Labute approximate surface area is 271 Å². The third kappa shape index (κ3) is 14.8. The van der Waals surface area contributed by atoms with Crippen molar-refractivity contribution in [3.8, 4) is 6.01 Å². The van der Waals surface area contributed by atoms with Crippen LogP contribution in [0.1, 0.15) is 5.82 Å². The first kappa shape index (κ1) is 36.2. The van der Waals surface area contributed by atoms with E-state index in [1.54, 1.807) is 32.2 Å². The normalized spacial score (nSPS) is 11.0. The maximum atomic E-state index is 11.0. The van der Waals surface area contributed by atoms with Gasteiger partial charge < -0.3 is 45.1 Å². The van der Waals surface area contributed by atoms with Crippen molar-refractivity contribution < 1.29 is 61.8 Å². The number of nitrogens with zero attached hydrogens (tertiary/aromatic N) is 6. The summed E-state index contributed by atoms with van der Waals surface area (Å²) in [7, 11) is -2.83. The molecule has 1 aromatic carbocycles. The predicted octanol–water partition coefficient (Wildman–Crippen LogP) is -3.19. The molecule has 0 fully saturated rings. The molecule has 43 heavy (non-hydrogen) atoms. The molecule has 2 aromatic heterocycles. The van der Waals surface area contributed by atoms with Gasteiger partial charge in [0.2, 0.25) is 23.8 Å². The average Bonchev–Trinajstić information content (AvgIpc) is 2.92. The number of ether oxygens (including phenoxy) is 3. The number of rotatable bonds is 20. The average molecular weight is 632 g/mol. The number of methoxy groups -OCH3 is 1. The molecule has 2 heterocycles. The van der Waals surface area contributed by atoms with Gasteiger partial charge in [-0.1, -0.05) is 6.07 Å². The van der Waals surface area contributed by atoms with E-state index in [1.807, 2.05) is 6.07 Å². The molecule has 0 atom stereocenters. The van der Waals surface area contributed by atoms with Crippen LogP contribution >= 0.6 is 0 Å². The zero-order valence-electron chi connectivity index (χ0n) is 24.2. The van der Waals surface area contributed by atoms with Crippen LogP contribution in [0.3, 0.4) is 0 Å². The molecule has 18 nitrogen and oxygen atoms in total. The van der Waals surface area contributed by atoms with Crippen LogP contribution in [0.15, 0.2) is 24.3 Å². The summed E-state index contributed by atoms with van der Waals surface area (Å²) in [6.07, 6.45) is 0. The van der Waals surface area contributed by atoms with E-state index in [4.69, 9.17) is 19.3 Å². The molecule has 3 aromatic rings. The molecule has 0 bridgehead atoms. The maximum Gasteiger partial charge on any atom is 1.00 e. The van der Waals surface area contributed by atoms with Gasteiger partial charge in [0, 0.05) is 38.1 Å². The van der Waals surface area contributed by atoms with Gasteiger partial charge in [0.1, 0.15) is 12.4 Å². The second kappa shape index (κ2) is 19.3. The molecule has 3 rings (SSSR count). The van der Waals surface area contributed by atoms with Gasteiger partial charge in [0.25, 0.3) is 0 Å². The molecular formula is C23H34N11NaO7S. The van der Waals surface area contributed by atoms with E-state index in [9.17, 15) is 13.0 Å². The van der Waals surface area contributed by atoms with Crippen LogP contribution in [-0.2, 0) is 19.6 Å². The van der Waals surface area contributed by atoms with E-state index in [0.29, 0.717) is 43.6 Å². The minimum Gasteiger partial charge on any atom is -0.748 e. The molecule has 0 unspecified atom stereocenters. The molecule has 0 saturated heterocycles. The minimum atomic E-state index is -4.42. The topological polar surface area (TPSA) is 243 Å². The summed E-state index contributed by atoms with van der Waals surface area (Å²) in [5, 5.41) is 23.7. The fourth-order valence-corrected chi connectivity index (χ4v) is 3.53. The van der Waals surface area contributed by atoms with Crippen molar-refractivity contribution in [1.82, 2.24) is 35.2 Å². The van der Waals surface area contributed by atoms with Crippen LogP contribution in [0.5, 0.6) is 6.01 Å². The Bertz CT molecular complexity index is 1380. The molecule has 0 saturated carbocycles. The van der Waals surface area contributed by atoms with Crippen molar-refractivity contribution in [3.05, 3.63) is 30.1 Å². The number of anilines is 6. The number of aliphatic hydroxyl groups excluding tert-OH is 1. The summed E-state index contributed by atoms with van der Waals surface area (Å²) in [5.41, 5.74) is 1.24. The van der Waals surface area contributed by atoms with E-state index >= 15 is 0 Å². The number of benzene rings is 1. The Morgan fingerprint density at radius 3 is 2.16 bits per heavy atom. The maximum absolute atomic E-state index is 11.0. The van der Waals surface area contributed by atoms with Crippen LogP contribution < -0.4 is 60.9 Å². The van der Waals surface area contributed by atoms with Gasteiger partial charge in [0.05, 0.1) is 42.4 Å². The molecule has 0 aliphatic heterocycles. The molecule has 0 aliphatic carbocycles. The molecule has 0 radical (unpaired) electrons. The van der Waals surface area contributed by atoms with Crippen LogP contribution in [-0.4, -0.2) is 114 Å². The van der Waals surface area contributed by atoms with Gasteiger partial charge in [-0.25, -0.2) is 8.42 Å². The Hall–Kier alpha value is -3.01. The smallest absolute Gasteiger partial charge is 0.748 e. The second-order valence-corrected chi connectivity index (χ2v) is 9.88. The Balaban J connectivity index is 0.00000645. The van der Waals surface area contributed by atoms with Crippen LogP contribution in [0.2, 0.25) is 0 Å². The molecule has 0 amide bonds. The first-order valence-electron chi connectivity index (χ1n) is 12.8. The predicted molar refractivity (Wildman–Crippen MR) is 152 cm³/mol. The van der Waals surface area contributed by atoms with E-state index in [2.05, 4.69) is 56.5 Å². The molecule has 230 valence electrons. The van der Waals surface area contributed by atoms with Gasteiger partial charge in [0.15, 0.2) is 0 Å². The molecule has 20 heteroatoms. The van der Waals surface area contributed by atoms with Crippen molar-refractivity contribution in [2.75, 3.05) is 86.9 Å². The zero-order valence-corrected chi connectivity index (χ0v) is 27.0. The Morgan fingerprint density at radius 2 is 1.51 bits per heavy atom. The largest absolute Gasteiger partial charge is 1.00 e. The van der Waals surface area contributed by atoms with Gasteiger partial charge in [-0.3, -0.25) is 5.32 Å². The third-order valence-corrected chi connectivity index (χ3v) is 5.60. The summed E-state index contributed by atoms with van der Waals surface area (Å²) < 4.78 is 48.6. The number of hydrogen-bond donors (Lipinski definition) is 6. The van der Waals surface area contributed by atoms with Crippen molar-refractivity contribution in [2.24, 2.45) is 0 Å². The van der Waals surface area contributed by atoms with E-state index in [1.165, 1.54) is 0 Å². The number of aliphatic hydroxyl groups is 1. The number of aromatic nitrogens is 6. The van der Waals surface area contributed by atoms with Crippen molar-refractivity contribution in [3.63, 3.8) is 0 Å². The number of nitrogens with one attached hydrogen (secondary N) is 5. The number of aryl methyl sites for hydroxylation is 1. The standard InChI is InChI=1S/C23H35N11O7S.Na/c1-16-27-21(34-23(28-16)41-11-6-24-15-39-2)29-17-4-3-5-18(14-17)30-22-32-19(25-7-10-40-12-9-35)31-20(33-22)26-8-13-42(36,37)38;/h3-5,14,24,35H,6-13,15H2,1-2H3,(H,36,37,38)(H,27,28,29,34)(H3,25,26,30,31,32,33);/q;+1/p-1. The molecule has 0 aliphatic rings. The van der Waals surface area contributed by atoms with Crippen molar-refractivity contribution >= 4 is 45.3 Å². The van der Waals surface area contributed by atoms with Gasteiger partial charge >= 0.3 is 35.6 Å². The van der Waals surface area contributed by atoms with Crippen LogP contribution in [0, 0.1) is 6.92 Å². The molecule has 6 N–H and O–H groups in total. The first-order valence-corrected chi connectivity index (χ1v) is 14.4. The van der Waals surface area contributed by atoms with E-state index in [-0.39, 0.29) is 85.7 Å². The zero-order chi connectivity index (χ0) is 30.2. The summed E-state index contributed by atoms with van der Waals surface area (Å²) >= 11 is 0. The van der Waals surface area contributed by atoms with Crippen molar-refractivity contribution in [2.45, 2.75) is 6.92 Å². The molecule has 0 spiro atoms. The van der Waals surface area contributed by atoms with Crippen LogP contribution in [0.25, 0.3) is 0 Å². The Kier molecular flexibility index (Phi) is 16.2. The molecular weight excluding hydrogens is 597 g/mol. The summed E-state index contributed by atoms with van der Waals surface area (Å²) in [6.45, 7) is 3.55. The van der Waals surface area contributed by atoms with Gasteiger partial charge in [-0.05, 0) is 25.1 Å². The van der Waals surface area contributed by atoms with Gasteiger partial charge in [-0.15, -0.1) is 0 Å². The summed E-state index contributed by atoms with van der Waals surface area (Å²) in [5.74, 6) is 0.484. The fraction of sp³-hybridized carbons (Fsp3) is 0.478. The van der Waals surface area contributed by atoms with E-state index in [0.717, 1.165) is 0 Å². The third-order valence-electron chi connectivity index (χ3n) is 4.89. The quantitative estimate of drug-likeness (QED) is 0.0311. The first-order chi connectivity index (χ1) is 20.2. The van der Waals surface area contributed by atoms with Crippen molar-refractivity contribution in [1.29, 1.82) is 0 Å². The van der Waals surface area contributed by atoms with E-state index < -0.39 is 15.9 Å². The van der Waals surface area contributed by atoms with Gasteiger partial charge in [-0.2, -0.15) is 29.9 Å². The minimum absolute atomic E-state index is 0. The number of hydrogen-bond acceptors (Lipinski definition) is 18. The summed E-state index contributed by atoms with van der Waals surface area (Å²) in [6, 6.07) is 7.32. The summed E-state index contributed by atoms with van der Waals surface area (Å²) in [4.78, 5) is 25.6. The van der Waals surface area contributed by atoms with Crippen LogP contribution in [0.4, 0.5) is 35.2 Å². The fourth-order valence-electron chi connectivity index (χ4n) is 3.18. The Morgan fingerprint density at radius 1 is 0.860 bits per heavy atom. The monoisotopic (exact) mass is 631 g/mol. The second-order valence-electron chi connectivity index (χ2n) is 8.36.